The molecule has 2 aliphatic rings. The van der Waals surface area contributed by atoms with Crippen molar-refractivity contribution in [3.8, 4) is 0 Å². The molecule has 0 aromatic heterocycles. The first-order valence-corrected chi connectivity index (χ1v) is 10.6. The summed E-state index contributed by atoms with van der Waals surface area (Å²) in [5, 5.41) is 2.62. The van der Waals surface area contributed by atoms with Crippen molar-refractivity contribution in [1.29, 1.82) is 0 Å². The number of aryl methyl sites for hydroxylation is 2. The quantitative estimate of drug-likeness (QED) is 0.806. The molecule has 2 fully saturated rings. The summed E-state index contributed by atoms with van der Waals surface area (Å²) < 4.78 is 27.5. The van der Waals surface area contributed by atoms with Crippen LogP contribution in [0.15, 0.2) is 23.1 Å². The standard InChI is InChI=1S/C18H26N4O4S/c1-13-4-5-14(2)16(12-13)27(25,26)21-10-8-20(9-11-21)15(3)17(23)22-7-6-19-18(22)24/h4-5,12,15H,6-11H2,1-3H3,(H,19,24). The number of nitrogens with one attached hydrogen (secondary N) is 1. The second-order valence-electron chi connectivity index (χ2n) is 7.11. The summed E-state index contributed by atoms with van der Waals surface area (Å²) in [5.74, 6) is -0.240. The van der Waals surface area contributed by atoms with Gasteiger partial charge in [-0.25, -0.2) is 13.2 Å². The van der Waals surface area contributed by atoms with Gasteiger partial charge in [0.25, 0.3) is 0 Å². The molecule has 3 amide bonds. The molecule has 3 rings (SSSR count). The van der Waals surface area contributed by atoms with Crippen LogP contribution in [0.1, 0.15) is 18.1 Å². The van der Waals surface area contributed by atoms with Crippen molar-refractivity contribution in [3.63, 3.8) is 0 Å². The summed E-state index contributed by atoms with van der Waals surface area (Å²) in [6, 6.07) is 4.60. The van der Waals surface area contributed by atoms with Gasteiger partial charge >= 0.3 is 6.03 Å². The summed E-state index contributed by atoms with van der Waals surface area (Å²) in [6.07, 6.45) is 0. The fourth-order valence-corrected chi connectivity index (χ4v) is 5.25. The molecule has 2 heterocycles. The largest absolute Gasteiger partial charge is 0.336 e. The zero-order chi connectivity index (χ0) is 19.8. The minimum atomic E-state index is -3.56. The number of piperazine rings is 1. The summed E-state index contributed by atoms with van der Waals surface area (Å²) >= 11 is 0. The fraction of sp³-hybridized carbons (Fsp3) is 0.556. The highest BCUT2D eigenvalue weighted by molar-refractivity contribution is 7.89. The van der Waals surface area contributed by atoms with Crippen molar-refractivity contribution in [2.45, 2.75) is 31.7 Å². The van der Waals surface area contributed by atoms with E-state index in [9.17, 15) is 18.0 Å². The molecule has 0 aliphatic carbocycles. The number of hydrogen-bond donors (Lipinski definition) is 1. The van der Waals surface area contributed by atoms with Crippen molar-refractivity contribution in [3.05, 3.63) is 29.3 Å². The molecular weight excluding hydrogens is 368 g/mol. The summed E-state index contributed by atoms with van der Waals surface area (Å²) in [7, 11) is -3.56. The lowest BCUT2D eigenvalue weighted by molar-refractivity contribution is -0.133. The number of imide groups is 1. The Morgan fingerprint density at radius 3 is 2.37 bits per heavy atom. The molecule has 27 heavy (non-hydrogen) atoms. The Balaban J connectivity index is 1.67. The topological polar surface area (TPSA) is 90.0 Å². The summed E-state index contributed by atoms with van der Waals surface area (Å²) in [6.45, 7) is 7.82. The van der Waals surface area contributed by atoms with Crippen LogP contribution in [0.2, 0.25) is 0 Å². The van der Waals surface area contributed by atoms with E-state index in [4.69, 9.17) is 0 Å². The molecule has 9 heteroatoms. The molecule has 2 saturated heterocycles. The van der Waals surface area contributed by atoms with Gasteiger partial charge in [-0.1, -0.05) is 12.1 Å². The lowest BCUT2D eigenvalue weighted by Crippen LogP contribution is -2.55. The second-order valence-corrected chi connectivity index (χ2v) is 9.01. The van der Waals surface area contributed by atoms with Gasteiger partial charge in [0.1, 0.15) is 0 Å². The molecule has 8 nitrogen and oxygen atoms in total. The molecule has 1 atom stereocenters. The van der Waals surface area contributed by atoms with Gasteiger partial charge in [-0.15, -0.1) is 0 Å². The Labute approximate surface area is 160 Å². The van der Waals surface area contributed by atoms with E-state index in [1.54, 1.807) is 19.9 Å². The molecule has 1 aromatic carbocycles. The fourth-order valence-electron chi connectivity index (χ4n) is 3.52. The number of rotatable bonds is 4. The van der Waals surface area contributed by atoms with E-state index in [2.05, 4.69) is 5.32 Å². The Morgan fingerprint density at radius 1 is 1.11 bits per heavy atom. The molecule has 1 aromatic rings. The monoisotopic (exact) mass is 394 g/mol. The predicted molar refractivity (Wildman–Crippen MR) is 101 cm³/mol. The van der Waals surface area contributed by atoms with Crippen molar-refractivity contribution in [1.82, 2.24) is 19.4 Å². The van der Waals surface area contributed by atoms with Crippen LogP contribution < -0.4 is 5.32 Å². The molecule has 2 aliphatic heterocycles. The van der Waals surface area contributed by atoms with Gasteiger partial charge < -0.3 is 5.32 Å². The number of hydrogen-bond acceptors (Lipinski definition) is 5. The molecular formula is C18H26N4O4S. The molecule has 148 valence electrons. The number of sulfonamides is 1. The third-order valence-corrected chi connectivity index (χ3v) is 7.30. The number of nitrogens with zero attached hydrogens (tertiary/aromatic N) is 3. The van der Waals surface area contributed by atoms with Crippen LogP contribution in [0, 0.1) is 13.8 Å². The number of carbonyl (C=O) groups is 2. The first-order chi connectivity index (χ1) is 12.7. The Kier molecular flexibility index (Phi) is 5.55. The second kappa shape index (κ2) is 7.57. The average Bonchev–Trinajstić information content (AvgIpc) is 3.08. The predicted octanol–water partition coefficient (Wildman–Crippen LogP) is 0.550. The lowest BCUT2D eigenvalue weighted by Gasteiger charge is -2.37. The molecule has 1 unspecified atom stereocenters. The van der Waals surface area contributed by atoms with Crippen molar-refractivity contribution < 1.29 is 18.0 Å². The van der Waals surface area contributed by atoms with Crippen LogP contribution in [0.4, 0.5) is 4.79 Å². The Hall–Kier alpha value is -1.97. The SMILES string of the molecule is Cc1ccc(C)c(S(=O)(=O)N2CCN(C(C)C(=O)N3CCNC3=O)CC2)c1. The molecule has 0 radical (unpaired) electrons. The zero-order valence-electron chi connectivity index (χ0n) is 15.9. The average molecular weight is 394 g/mol. The summed E-state index contributed by atoms with van der Waals surface area (Å²) in [4.78, 5) is 27.7. The van der Waals surface area contributed by atoms with Gasteiger partial charge in [-0.3, -0.25) is 14.6 Å². The molecule has 0 bridgehead atoms. The maximum atomic E-state index is 13.0. The smallest absolute Gasteiger partial charge is 0.324 e. The van der Waals surface area contributed by atoms with Gasteiger partial charge in [-0.2, -0.15) is 4.31 Å². The van der Waals surface area contributed by atoms with Crippen LogP contribution in [-0.2, 0) is 14.8 Å². The maximum Gasteiger partial charge on any atom is 0.324 e. The highest BCUT2D eigenvalue weighted by Gasteiger charge is 2.36. The van der Waals surface area contributed by atoms with Gasteiger partial charge in [0.15, 0.2) is 0 Å². The van der Waals surface area contributed by atoms with Crippen molar-refractivity contribution in [2.24, 2.45) is 0 Å². The highest BCUT2D eigenvalue weighted by atomic mass is 32.2. The number of urea groups is 1. The van der Waals surface area contributed by atoms with Gasteiger partial charge in [-0.05, 0) is 38.0 Å². The van der Waals surface area contributed by atoms with Crippen LogP contribution in [0.5, 0.6) is 0 Å². The third-order valence-electron chi connectivity index (χ3n) is 5.26. The third kappa shape index (κ3) is 3.85. The van der Waals surface area contributed by atoms with Crippen LogP contribution in [0.25, 0.3) is 0 Å². The molecule has 0 spiro atoms. The van der Waals surface area contributed by atoms with Crippen molar-refractivity contribution >= 4 is 22.0 Å². The van der Waals surface area contributed by atoms with E-state index >= 15 is 0 Å². The number of carbonyl (C=O) groups excluding carboxylic acids is 2. The van der Waals surface area contributed by atoms with E-state index in [1.807, 2.05) is 24.0 Å². The van der Waals surface area contributed by atoms with E-state index < -0.39 is 16.1 Å². The van der Waals surface area contributed by atoms with Gasteiger partial charge in [0.05, 0.1) is 10.9 Å². The van der Waals surface area contributed by atoms with E-state index in [0.29, 0.717) is 44.2 Å². The van der Waals surface area contributed by atoms with E-state index in [0.717, 1.165) is 11.1 Å². The molecule has 0 saturated carbocycles. The zero-order valence-corrected chi connectivity index (χ0v) is 16.8. The first-order valence-electron chi connectivity index (χ1n) is 9.12. The first kappa shape index (κ1) is 19.8. The molecule has 1 N–H and O–H groups in total. The van der Waals surface area contributed by atoms with Crippen LogP contribution >= 0.6 is 0 Å². The Morgan fingerprint density at radius 2 is 1.78 bits per heavy atom. The van der Waals surface area contributed by atoms with E-state index in [1.165, 1.54) is 9.21 Å². The minimum absolute atomic E-state index is 0.240. The Bertz CT molecular complexity index is 847. The highest BCUT2D eigenvalue weighted by Crippen LogP contribution is 2.23. The van der Waals surface area contributed by atoms with Crippen molar-refractivity contribution in [2.75, 3.05) is 39.3 Å². The van der Waals surface area contributed by atoms with Crippen LogP contribution in [-0.4, -0.2) is 79.8 Å². The van der Waals surface area contributed by atoms with E-state index in [-0.39, 0.29) is 11.9 Å². The lowest BCUT2D eigenvalue weighted by atomic mass is 10.2. The van der Waals surface area contributed by atoms with Crippen LogP contribution in [0.3, 0.4) is 0 Å². The number of benzene rings is 1. The number of amides is 3. The summed E-state index contributed by atoms with van der Waals surface area (Å²) in [5.41, 5.74) is 1.63. The minimum Gasteiger partial charge on any atom is -0.336 e. The normalized spacial score (nSPS) is 20.6. The van der Waals surface area contributed by atoms with Gasteiger partial charge in [0, 0.05) is 39.3 Å². The maximum absolute atomic E-state index is 13.0. The van der Waals surface area contributed by atoms with Gasteiger partial charge in [0.2, 0.25) is 15.9 Å².